The lowest BCUT2D eigenvalue weighted by molar-refractivity contribution is -0.200. The van der Waals surface area contributed by atoms with Gasteiger partial charge in [0.15, 0.2) is 5.92 Å². The summed E-state index contributed by atoms with van der Waals surface area (Å²) in [7, 11) is 0. The Morgan fingerprint density at radius 3 is 1.94 bits per heavy atom. The highest BCUT2D eigenvalue weighted by atomic mass is 19.4. The molecular formula is C10H17F3O4. The van der Waals surface area contributed by atoms with Gasteiger partial charge in [0.2, 0.25) is 0 Å². The number of alkyl halides is 3. The fourth-order valence-corrected chi connectivity index (χ4v) is 0.940. The fraction of sp³-hybridized carbons (Fsp3) is 0.800. The Morgan fingerprint density at radius 1 is 1.29 bits per heavy atom. The van der Waals surface area contributed by atoms with Crippen molar-refractivity contribution in [1.82, 2.24) is 0 Å². The molecule has 7 heteroatoms. The lowest BCUT2D eigenvalue weighted by atomic mass is 9.94. The van der Waals surface area contributed by atoms with Crippen LogP contribution in [-0.2, 0) is 14.3 Å². The maximum absolute atomic E-state index is 12.2. The molecule has 2 unspecified atom stereocenters. The number of hydrogen-bond donors (Lipinski definition) is 1. The zero-order valence-electron chi connectivity index (χ0n) is 10.2. The molecule has 0 heterocycles. The lowest BCUT2D eigenvalue weighted by Gasteiger charge is -2.20. The first kappa shape index (κ1) is 18.1. The molecule has 17 heavy (non-hydrogen) atoms. The maximum Gasteiger partial charge on any atom is 0.392 e. The van der Waals surface area contributed by atoms with E-state index >= 15 is 0 Å². The Kier molecular flexibility index (Phi) is 8.43. The summed E-state index contributed by atoms with van der Waals surface area (Å²) in [5.41, 5.74) is 0. The van der Waals surface area contributed by atoms with Gasteiger partial charge in [-0.25, -0.2) is 0 Å². The number of ether oxygens (including phenoxy) is 1. The van der Waals surface area contributed by atoms with Crippen LogP contribution in [0.1, 0.15) is 27.7 Å². The van der Waals surface area contributed by atoms with Crippen molar-refractivity contribution in [2.24, 2.45) is 11.8 Å². The summed E-state index contributed by atoms with van der Waals surface area (Å²) in [5, 5.41) is 8.50. The number of carboxylic acid groups (broad SMARTS) is 1. The molecule has 0 aliphatic rings. The fourth-order valence-electron chi connectivity index (χ4n) is 0.940. The van der Waals surface area contributed by atoms with E-state index in [1.165, 1.54) is 6.92 Å². The molecule has 0 aromatic carbocycles. The molecule has 1 N–H and O–H groups in total. The van der Waals surface area contributed by atoms with Crippen LogP contribution in [0.25, 0.3) is 0 Å². The van der Waals surface area contributed by atoms with Crippen molar-refractivity contribution in [3.63, 3.8) is 0 Å². The van der Waals surface area contributed by atoms with Crippen LogP contribution in [-0.4, -0.2) is 29.8 Å². The van der Waals surface area contributed by atoms with E-state index in [0.29, 0.717) is 6.92 Å². The normalized spacial score (nSPS) is 14.1. The van der Waals surface area contributed by atoms with Crippen molar-refractivity contribution in [2.45, 2.75) is 33.9 Å². The van der Waals surface area contributed by atoms with Crippen molar-refractivity contribution in [3.8, 4) is 0 Å². The van der Waals surface area contributed by atoms with Crippen LogP contribution >= 0.6 is 0 Å². The van der Waals surface area contributed by atoms with E-state index < -0.39 is 30.0 Å². The SMILES string of the molecule is CC.CCOC(=O)C(C(=O)O)C(C)C(F)(F)F. The summed E-state index contributed by atoms with van der Waals surface area (Å²) in [6, 6.07) is 0. The third-order valence-electron chi connectivity index (χ3n) is 1.82. The molecule has 102 valence electrons. The summed E-state index contributed by atoms with van der Waals surface area (Å²) in [5.74, 6) is -7.67. The molecule has 0 aromatic heterocycles. The maximum atomic E-state index is 12.2. The molecular weight excluding hydrogens is 241 g/mol. The molecule has 0 spiro atoms. The summed E-state index contributed by atoms with van der Waals surface area (Å²) in [6.07, 6.45) is -4.74. The number of hydrogen-bond acceptors (Lipinski definition) is 3. The molecule has 4 nitrogen and oxygen atoms in total. The number of aliphatic carboxylic acids is 1. The van der Waals surface area contributed by atoms with Gasteiger partial charge in [0, 0.05) is 0 Å². The Labute approximate surface area is 97.8 Å². The van der Waals surface area contributed by atoms with Gasteiger partial charge in [-0.2, -0.15) is 13.2 Å². The topological polar surface area (TPSA) is 63.6 Å². The van der Waals surface area contributed by atoms with E-state index in [2.05, 4.69) is 4.74 Å². The summed E-state index contributed by atoms with van der Waals surface area (Å²) < 4.78 is 40.8. The molecule has 0 amide bonds. The largest absolute Gasteiger partial charge is 0.481 e. The number of esters is 1. The third kappa shape index (κ3) is 6.13. The van der Waals surface area contributed by atoms with E-state index in [1.807, 2.05) is 13.8 Å². The smallest absolute Gasteiger partial charge is 0.392 e. The second-order valence-electron chi connectivity index (χ2n) is 2.90. The van der Waals surface area contributed by atoms with Gasteiger partial charge in [0.25, 0.3) is 0 Å². The van der Waals surface area contributed by atoms with Crippen molar-refractivity contribution in [3.05, 3.63) is 0 Å². The average Bonchev–Trinajstić information content (AvgIpc) is 2.19. The molecule has 0 radical (unpaired) electrons. The molecule has 0 saturated heterocycles. The number of rotatable bonds is 4. The standard InChI is InChI=1S/C8H11F3O4.C2H6/c1-3-15-7(14)5(6(12)13)4(2)8(9,10)11;1-2/h4-5H,3H2,1-2H3,(H,12,13);1-2H3. The number of halogens is 3. The summed E-state index contributed by atoms with van der Waals surface area (Å²) in [6.45, 7) is 5.86. The first-order valence-corrected chi connectivity index (χ1v) is 5.18. The monoisotopic (exact) mass is 258 g/mol. The third-order valence-corrected chi connectivity index (χ3v) is 1.82. The van der Waals surface area contributed by atoms with Gasteiger partial charge < -0.3 is 9.84 Å². The Hall–Kier alpha value is -1.27. The highest BCUT2D eigenvalue weighted by Crippen LogP contribution is 2.32. The van der Waals surface area contributed by atoms with Crippen LogP contribution < -0.4 is 0 Å². The Bertz CT molecular complexity index is 250. The molecule has 0 fully saturated rings. The first-order valence-electron chi connectivity index (χ1n) is 5.18. The quantitative estimate of drug-likeness (QED) is 0.621. The molecule has 0 aliphatic carbocycles. The minimum absolute atomic E-state index is 0.160. The average molecular weight is 258 g/mol. The minimum atomic E-state index is -4.74. The summed E-state index contributed by atoms with van der Waals surface area (Å²) >= 11 is 0. The molecule has 0 aromatic rings. The van der Waals surface area contributed by atoms with Gasteiger partial charge in [0.05, 0.1) is 12.5 Å². The van der Waals surface area contributed by atoms with Gasteiger partial charge in [-0.1, -0.05) is 20.8 Å². The van der Waals surface area contributed by atoms with Gasteiger partial charge >= 0.3 is 18.1 Å². The number of carbonyl (C=O) groups is 2. The highest BCUT2D eigenvalue weighted by Gasteiger charge is 2.48. The van der Waals surface area contributed by atoms with Gasteiger partial charge in [0.1, 0.15) is 0 Å². The van der Waals surface area contributed by atoms with Crippen LogP contribution in [0, 0.1) is 11.8 Å². The van der Waals surface area contributed by atoms with Crippen LogP contribution in [0.15, 0.2) is 0 Å². The first-order chi connectivity index (χ1) is 7.71. The van der Waals surface area contributed by atoms with E-state index in [9.17, 15) is 22.8 Å². The molecule has 2 atom stereocenters. The molecule has 0 bridgehead atoms. The van der Waals surface area contributed by atoms with Gasteiger partial charge in [-0.15, -0.1) is 0 Å². The molecule has 0 saturated carbocycles. The number of carboxylic acids is 1. The van der Waals surface area contributed by atoms with Crippen molar-refractivity contribution in [2.75, 3.05) is 6.61 Å². The van der Waals surface area contributed by atoms with E-state index in [1.54, 1.807) is 0 Å². The van der Waals surface area contributed by atoms with Crippen molar-refractivity contribution >= 4 is 11.9 Å². The van der Waals surface area contributed by atoms with E-state index in [4.69, 9.17) is 5.11 Å². The van der Waals surface area contributed by atoms with Crippen molar-refractivity contribution < 1.29 is 32.6 Å². The van der Waals surface area contributed by atoms with Crippen molar-refractivity contribution in [1.29, 1.82) is 0 Å². The van der Waals surface area contributed by atoms with Crippen LogP contribution in [0.3, 0.4) is 0 Å². The van der Waals surface area contributed by atoms with E-state index in [0.717, 1.165) is 0 Å². The van der Waals surface area contributed by atoms with Crippen LogP contribution in [0.2, 0.25) is 0 Å². The highest BCUT2D eigenvalue weighted by molar-refractivity contribution is 5.94. The predicted octanol–water partition coefficient (Wildman–Crippen LogP) is 2.47. The van der Waals surface area contributed by atoms with Gasteiger partial charge in [-0.05, 0) is 6.92 Å². The number of carbonyl (C=O) groups excluding carboxylic acids is 1. The minimum Gasteiger partial charge on any atom is -0.481 e. The summed E-state index contributed by atoms with van der Waals surface area (Å²) in [4.78, 5) is 21.5. The van der Waals surface area contributed by atoms with Crippen LogP contribution in [0.4, 0.5) is 13.2 Å². The second kappa shape index (κ2) is 7.92. The van der Waals surface area contributed by atoms with Crippen LogP contribution in [0.5, 0.6) is 0 Å². The molecule has 0 aliphatic heterocycles. The Balaban J connectivity index is 0. The molecule has 0 rings (SSSR count). The van der Waals surface area contributed by atoms with E-state index in [-0.39, 0.29) is 6.61 Å². The Morgan fingerprint density at radius 2 is 1.71 bits per heavy atom. The lowest BCUT2D eigenvalue weighted by Crippen LogP contribution is -2.38. The zero-order chi connectivity index (χ0) is 14.2. The zero-order valence-corrected chi connectivity index (χ0v) is 10.2. The predicted molar refractivity (Wildman–Crippen MR) is 54.3 cm³/mol. The second-order valence-corrected chi connectivity index (χ2v) is 2.90. The van der Waals surface area contributed by atoms with Gasteiger partial charge in [-0.3, -0.25) is 9.59 Å².